The van der Waals surface area contributed by atoms with E-state index in [1.165, 1.54) is 5.56 Å². The zero-order valence-corrected chi connectivity index (χ0v) is 14.5. The number of rotatable bonds is 5. The number of alkyl carbamates (subject to hydrolysis) is 1. The predicted octanol–water partition coefficient (Wildman–Crippen LogP) is 3.23. The highest BCUT2D eigenvalue weighted by atomic mass is 16.6. The fourth-order valence-electron chi connectivity index (χ4n) is 2.82. The number of carbonyl (C=O) groups is 1. The molecule has 2 rings (SSSR count). The van der Waals surface area contributed by atoms with Crippen molar-refractivity contribution < 1.29 is 14.3 Å². The van der Waals surface area contributed by atoms with Crippen LogP contribution in [0.3, 0.4) is 0 Å². The highest BCUT2D eigenvalue weighted by molar-refractivity contribution is 5.68. The minimum atomic E-state index is -0.452. The third kappa shape index (κ3) is 6.10. The molecule has 2 unspecified atom stereocenters. The number of carbonyl (C=O) groups excluding carboxylic acids is 1. The van der Waals surface area contributed by atoms with Crippen molar-refractivity contribution in [1.29, 1.82) is 0 Å². The fourth-order valence-corrected chi connectivity index (χ4v) is 2.82. The molecule has 1 fully saturated rings. The lowest BCUT2D eigenvalue weighted by atomic mass is 10.2. The molecule has 1 aliphatic carbocycles. The standard InChI is InChI=1S/C18H28N2O3/c1-18(2,3)23-17(21)20-15-9-8-14(11-15)19-12-13-6-5-7-16(10-13)22-4/h5-7,10,14-15,19H,8-9,11-12H2,1-4H3,(H,20,21). The molecule has 23 heavy (non-hydrogen) atoms. The van der Waals surface area contributed by atoms with E-state index in [4.69, 9.17) is 9.47 Å². The second-order valence-electron chi connectivity index (χ2n) is 7.09. The molecule has 0 heterocycles. The summed E-state index contributed by atoms with van der Waals surface area (Å²) in [5.74, 6) is 0.875. The van der Waals surface area contributed by atoms with Gasteiger partial charge in [-0.25, -0.2) is 4.79 Å². The van der Waals surface area contributed by atoms with E-state index in [1.807, 2.05) is 39.0 Å². The van der Waals surface area contributed by atoms with E-state index in [-0.39, 0.29) is 12.1 Å². The first-order valence-corrected chi connectivity index (χ1v) is 8.21. The van der Waals surface area contributed by atoms with E-state index < -0.39 is 5.60 Å². The topological polar surface area (TPSA) is 59.6 Å². The van der Waals surface area contributed by atoms with Gasteiger partial charge in [-0.2, -0.15) is 0 Å². The number of hydrogen-bond acceptors (Lipinski definition) is 4. The molecule has 0 aliphatic heterocycles. The quantitative estimate of drug-likeness (QED) is 0.874. The number of benzene rings is 1. The van der Waals surface area contributed by atoms with Crippen LogP contribution >= 0.6 is 0 Å². The molecule has 5 nitrogen and oxygen atoms in total. The Labute approximate surface area is 138 Å². The third-order valence-electron chi connectivity index (χ3n) is 3.88. The van der Waals surface area contributed by atoms with E-state index in [0.717, 1.165) is 31.6 Å². The molecule has 5 heteroatoms. The van der Waals surface area contributed by atoms with Gasteiger partial charge in [0.25, 0.3) is 0 Å². The van der Waals surface area contributed by atoms with Crippen LogP contribution in [-0.2, 0) is 11.3 Å². The van der Waals surface area contributed by atoms with Crippen LogP contribution in [0.25, 0.3) is 0 Å². The lowest BCUT2D eigenvalue weighted by Gasteiger charge is -2.22. The zero-order valence-electron chi connectivity index (χ0n) is 14.5. The van der Waals surface area contributed by atoms with E-state index in [1.54, 1.807) is 7.11 Å². The Morgan fingerprint density at radius 2 is 2.00 bits per heavy atom. The molecular weight excluding hydrogens is 292 g/mol. The molecule has 2 atom stereocenters. The molecule has 1 aromatic carbocycles. The molecule has 1 aliphatic rings. The SMILES string of the molecule is COc1cccc(CNC2CCC(NC(=O)OC(C)(C)C)C2)c1. The maximum Gasteiger partial charge on any atom is 0.407 e. The summed E-state index contributed by atoms with van der Waals surface area (Å²) in [6.45, 7) is 6.43. The summed E-state index contributed by atoms with van der Waals surface area (Å²) in [6, 6.07) is 8.67. The summed E-state index contributed by atoms with van der Waals surface area (Å²) in [7, 11) is 1.68. The van der Waals surface area contributed by atoms with Crippen molar-refractivity contribution in [3.8, 4) is 5.75 Å². The summed E-state index contributed by atoms with van der Waals surface area (Å²) in [5.41, 5.74) is 0.750. The van der Waals surface area contributed by atoms with Crippen LogP contribution in [0.5, 0.6) is 5.75 Å². The van der Waals surface area contributed by atoms with Crippen molar-refractivity contribution in [3.63, 3.8) is 0 Å². The van der Waals surface area contributed by atoms with Crippen LogP contribution in [0.15, 0.2) is 24.3 Å². The Morgan fingerprint density at radius 3 is 2.70 bits per heavy atom. The number of methoxy groups -OCH3 is 1. The molecule has 1 aromatic rings. The lowest BCUT2D eigenvalue weighted by Crippen LogP contribution is -2.38. The van der Waals surface area contributed by atoms with Crippen LogP contribution in [0.2, 0.25) is 0 Å². The van der Waals surface area contributed by atoms with Gasteiger partial charge in [-0.05, 0) is 57.7 Å². The summed E-state index contributed by atoms with van der Waals surface area (Å²) in [5, 5.41) is 6.51. The van der Waals surface area contributed by atoms with E-state index >= 15 is 0 Å². The summed E-state index contributed by atoms with van der Waals surface area (Å²) in [6.07, 6.45) is 2.65. The third-order valence-corrected chi connectivity index (χ3v) is 3.88. The number of amides is 1. The second kappa shape index (κ2) is 7.68. The zero-order chi connectivity index (χ0) is 16.9. The van der Waals surface area contributed by atoms with Gasteiger partial charge in [0.15, 0.2) is 0 Å². The maximum absolute atomic E-state index is 11.8. The van der Waals surface area contributed by atoms with Gasteiger partial charge in [0.1, 0.15) is 11.4 Å². The minimum absolute atomic E-state index is 0.188. The first kappa shape index (κ1) is 17.6. The highest BCUT2D eigenvalue weighted by Gasteiger charge is 2.27. The average Bonchev–Trinajstić information content (AvgIpc) is 2.90. The van der Waals surface area contributed by atoms with Crippen molar-refractivity contribution in [1.82, 2.24) is 10.6 Å². The molecule has 1 saturated carbocycles. The molecule has 0 bridgehead atoms. The number of ether oxygens (including phenoxy) is 2. The van der Waals surface area contributed by atoms with Gasteiger partial charge < -0.3 is 20.1 Å². The Hall–Kier alpha value is -1.75. The van der Waals surface area contributed by atoms with Crippen molar-refractivity contribution in [2.75, 3.05) is 7.11 Å². The minimum Gasteiger partial charge on any atom is -0.497 e. The smallest absolute Gasteiger partial charge is 0.407 e. The Kier molecular flexibility index (Phi) is 5.88. The highest BCUT2D eigenvalue weighted by Crippen LogP contribution is 2.21. The largest absolute Gasteiger partial charge is 0.497 e. The van der Waals surface area contributed by atoms with Crippen LogP contribution in [-0.4, -0.2) is 30.9 Å². The fraction of sp³-hybridized carbons (Fsp3) is 0.611. The Morgan fingerprint density at radius 1 is 1.26 bits per heavy atom. The summed E-state index contributed by atoms with van der Waals surface area (Å²) >= 11 is 0. The number of nitrogens with one attached hydrogen (secondary N) is 2. The first-order chi connectivity index (χ1) is 10.9. The maximum atomic E-state index is 11.8. The molecule has 128 valence electrons. The molecule has 0 saturated heterocycles. The molecular formula is C18H28N2O3. The van der Waals surface area contributed by atoms with Crippen LogP contribution in [0, 0.1) is 0 Å². The van der Waals surface area contributed by atoms with Crippen LogP contribution in [0.1, 0.15) is 45.6 Å². The summed E-state index contributed by atoms with van der Waals surface area (Å²) in [4.78, 5) is 11.8. The Balaban J connectivity index is 1.74. The van der Waals surface area contributed by atoms with Gasteiger partial charge in [-0.1, -0.05) is 12.1 Å². The van der Waals surface area contributed by atoms with Crippen LogP contribution < -0.4 is 15.4 Å². The average molecular weight is 320 g/mol. The molecule has 0 spiro atoms. The molecule has 0 radical (unpaired) electrons. The van der Waals surface area contributed by atoms with Crippen molar-refractivity contribution in [2.45, 2.75) is 64.3 Å². The predicted molar refractivity (Wildman–Crippen MR) is 90.6 cm³/mol. The Bertz CT molecular complexity index is 525. The molecule has 0 aromatic heterocycles. The van der Waals surface area contributed by atoms with Gasteiger partial charge >= 0.3 is 6.09 Å². The monoisotopic (exact) mass is 320 g/mol. The van der Waals surface area contributed by atoms with Gasteiger partial charge in [0, 0.05) is 18.6 Å². The molecule has 1 amide bonds. The summed E-state index contributed by atoms with van der Waals surface area (Å²) < 4.78 is 10.5. The van der Waals surface area contributed by atoms with E-state index in [0.29, 0.717) is 6.04 Å². The van der Waals surface area contributed by atoms with Gasteiger partial charge in [0.05, 0.1) is 7.11 Å². The van der Waals surface area contributed by atoms with Crippen LogP contribution in [0.4, 0.5) is 4.79 Å². The van der Waals surface area contributed by atoms with E-state index in [2.05, 4.69) is 16.7 Å². The van der Waals surface area contributed by atoms with Crippen molar-refractivity contribution in [2.24, 2.45) is 0 Å². The van der Waals surface area contributed by atoms with Crippen molar-refractivity contribution in [3.05, 3.63) is 29.8 Å². The normalized spacial score (nSPS) is 21.0. The lowest BCUT2D eigenvalue weighted by molar-refractivity contribution is 0.0505. The molecule has 2 N–H and O–H groups in total. The van der Waals surface area contributed by atoms with Gasteiger partial charge in [0.2, 0.25) is 0 Å². The van der Waals surface area contributed by atoms with Gasteiger partial charge in [-0.15, -0.1) is 0 Å². The second-order valence-corrected chi connectivity index (χ2v) is 7.09. The van der Waals surface area contributed by atoms with Gasteiger partial charge in [-0.3, -0.25) is 0 Å². The first-order valence-electron chi connectivity index (χ1n) is 8.21. The van der Waals surface area contributed by atoms with E-state index in [9.17, 15) is 4.79 Å². The number of hydrogen-bond donors (Lipinski definition) is 2. The van der Waals surface area contributed by atoms with Crippen molar-refractivity contribution >= 4 is 6.09 Å².